The summed E-state index contributed by atoms with van der Waals surface area (Å²) in [5.74, 6) is 0.120. The van der Waals surface area contributed by atoms with Gasteiger partial charge in [-0.3, -0.25) is 0 Å². The first kappa shape index (κ1) is 11.4. The van der Waals surface area contributed by atoms with E-state index in [0.717, 1.165) is 5.69 Å². The molecule has 1 heterocycles. The second kappa shape index (κ2) is 4.07. The first-order chi connectivity index (χ1) is 7.53. The molecule has 0 saturated carbocycles. The van der Waals surface area contributed by atoms with E-state index in [1.165, 1.54) is 0 Å². The number of anilines is 1. The average molecular weight is 241 g/mol. The van der Waals surface area contributed by atoms with Crippen LogP contribution in [-0.2, 0) is 9.84 Å². The molecule has 1 aliphatic heterocycles. The van der Waals surface area contributed by atoms with E-state index < -0.39 is 9.84 Å². The van der Waals surface area contributed by atoms with Crippen LogP contribution in [0.5, 0.6) is 0 Å². The van der Waals surface area contributed by atoms with Gasteiger partial charge in [-0.2, -0.15) is 0 Å². The molecule has 0 unspecified atom stereocenters. The Morgan fingerprint density at radius 1 is 1.31 bits per heavy atom. The Labute approximate surface area is 95.4 Å². The monoisotopic (exact) mass is 241 g/mol. The summed E-state index contributed by atoms with van der Waals surface area (Å²) in [6, 6.07) is 6.82. The summed E-state index contributed by atoms with van der Waals surface area (Å²) in [6.07, 6.45) is -0.251. The Morgan fingerprint density at radius 3 is 2.31 bits per heavy atom. The lowest BCUT2D eigenvalue weighted by atomic mass is 10.1. The second-order valence-corrected chi connectivity index (χ2v) is 6.23. The number of aliphatic hydroxyl groups is 1. The van der Waals surface area contributed by atoms with Crippen molar-refractivity contribution in [3.63, 3.8) is 0 Å². The van der Waals surface area contributed by atoms with Crippen LogP contribution in [-0.4, -0.2) is 38.5 Å². The molecule has 0 aromatic heterocycles. The first-order valence-electron chi connectivity index (χ1n) is 5.29. The molecule has 1 fully saturated rings. The fourth-order valence-electron chi connectivity index (χ4n) is 1.70. The molecule has 0 spiro atoms. The Morgan fingerprint density at radius 2 is 1.88 bits per heavy atom. The van der Waals surface area contributed by atoms with E-state index in [4.69, 9.17) is 5.11 Å². The molecule has 0 radical (unpaired) electrons. The molecule has 0 bridgehead atoms. The zero-order chi connectivity index (χ0) is 11.8. The largest absolute Gasteiger partial charge is 0.389 e. The Bertz CT molecular complexity index is 461. The third-order valence-corrected chi connectivity index (χ3v) is 4.55. The molecule has 0 atom stereocenters. The summed E-state index contributed by atoms with van der Waals surface area (Å²) in [5, 5.41) is 9.16. The zero-order valence-corrected chi connectivity index (χ0v) is 9.94. The SMILES string of the molecule is CCS(=O)(=O)c1ccc(N2CC(O)C2)cc1. The van der Waals surface area contributed by atoms with E-state index in [-0.39, 0.29) is 11.9 Å². The van der Waals surface area contributed by atoms with Crippen LogP contribution < -0.4 is 4.90 Å². The predicted octanol–water partition coefficient (Wildman–Crippen LogP) is 0.661. The minimum absolute atomic E-state index is 0.120. The van der Waals surface area contributed by atoms with Crippen molar-refractivity contribution < 1.29 is 13.5 Å². The molecule has 5 heteroatoms. The van der Waals surface area contributed by atoms with Crippen molar-refractivity contribution in [1.82, 2.24) is 0 Å². The van der Waals surface area contributed by atoms with E-state index in [2.05, 4.69) is 0 Å². The van der Waals surface area contributed by atoms with Crippen molar-refractivity contribution in [3.05, 3.63) is 24.3 Å². The second-order valence-electron chi connectivity index (χ2n) is 3.96. The van der Waals surface area contributed by atoms with Gasteiger partial charge in [0.2, 0.25) is 0 Å². The average Bonchev–Trinajstić information content (AvgIpc) is 2.25. The number of β-amino-alcohol motifs (C(OH)–C–C–N with tert-alkyl or cyclic N) is 1. The maximum absolute atomic E-state index is 11.6. The van der Waals surface area contributed by atoms with Crippen LogP contribution in [0.15, 0.2) is 29.2 Å². The van der Waals surface area contributed by atoms with Gasteiger partial charge in [0.1, 0.15) is 0 Å². The quantitative estimate of drug-likeness (QED) is 0.844. The number of hydrogen-bond acceptors (Lipinski definition) is 4. The zero-order valence-electron chi connectivity index (χ0n) is 9.13. The molecule has 1 aromatic carbocycles. The lowest BCUT2D eigenvalue weighted by Crippen LogP contribution is -2.50. The molecule has 0 aliphatic carbocycles. The molecule has 1 aromatic rings. The smallest absolute Gasteiger partial charge is 0.178 e. The van der Waals surface area contributed by atoms with Crippen LogP contribution in [0.2, 0.25) is 0 Å². The minimum Gasteiger partial charge on any atom is -0.389 e. The summed E-state index contributed by atoms with van der Waals surface area (Å²) < 4.78 is 23.1. The van der Waals surface area contributed by atoms with Crippen LogP contribution in [0.3, 0.4) is 0 Å². The van der Waals surface area contributed by atoms with Gasteiger partial charge >= 0.3 is 0 Å². The molecular weight excluding hydrogens is 226 g/mol. The van der Waals surface area contributed by atoms with Crippen LogP contribution in [0.25, 0.3) is 0 Å². The predicted molar refractivity (Wildman–Crippen MR) is 62.4 cm³/mol. The molecule has 0 amide bonds. The van der Waals surface area contributed by atoms with Crippen molar-refractivity contribution in [2.24, 2.45) is 0 Å². The highest BCUT2D eigenvalue weighted by Crippen LogP contribution is 2.22. The third kappa shape index (κ3) is 2.05. The van der Waals surface area contributed by atoms with E-state index >= 15 is 0 Å². The third-order valence-electron chi connectivity index (χ3n) is 2.80. The van der Waals surface area contributed by atoms with E-state index in [1.807, 2.05) is 4.90 Å². The first-order valence-corrected chi connectivity index (χ1v) is 6.94. The van der Waals surface area contributed by atoms with Crippen LogP contribution >= 0.6 is 0 Å². The summed E-state index contributed by atoms with van der Waals surface area (Å²) >= 11 is 0. The van der Waals surface area contributed by atoms with Gasteiger partial charge in [-0.1, -0.05) is 6.92 Å². The minimum atomic E-state index is -3.11. The molecular formula is C11H15NO3S. The van der Waals surface area contributed by atoms with Crippen molar-refractivity contribution in [2.75, 3.05) is 23.7 Å². The van der Waals surface area contributed by atoms with Crippen molar-refractivity contribution >= 4 is 15.5 Å². The molecule has 1 saturated heterocycles. The maximum Gasteiger partial charge on any atom is 0.178 e. The number of benzene rings is 1. The van der Waals surface area contributed by atoms with Gasteiger partial charge in [-0.25, -0.2) is 8.42 Å². The van der Waals surface area contributed by atoms with Crippen LogP contribution in [0, 0.1) is 0 Å². The highest BCUT2D eigenvalue weighted by Gasteiger charge is 2.24. The van der Waals surface area contributed by atoms with Gasteiger partial charge in [0.15, 0.2) is 9.84 Å². The standard InChI is InChI=1S/C11H15NO3S/c1-2-16(14,15)11-5-3-9(4-6-11)12-7-10(13)8-12/h3-6,10,13H,2,7-8H2,1H3. The normalized spacial score (nSPS) is 17.2. The summed E-state index contributed by atoms with van der Waals surface area (Å²) in [7, 11) is -3.11. The van der Waals surface area contributed by atoms with Gasteiger partial charge in [0.25, 0.3) is 0 Å². The molecule has 2 rings (SSSR count). The lowest BCUT2D eigenvalue weighted by Gasteiger charge is -2.37. The van der Waals surface area contributed by atoms with Crippen molar-refractivity contribution in [1.29, 1.82) is 0 Å². The van der Waals surface area contributed by atoms with Crippen molar-refractivity contribution in [3.8, 4) is 0 Å². The van der Waals surface area contributed by atoms with Crippen LogP contribution in [0.4, 0.5) is 5.69 Å². The number of aliphatic hydroxyl groups excluding tert-OH is 1. The van der Waals surface area contributed by atoms with E-state index in [9.17, 15) is 8.42 Å². The summed E-state index contributed by atoms with van der Waals surface area (Å²) in [6.45, 7) is 2.88. The highest BCUT2D eigenvalue weighted by atomic mass is 32.2. The maximum atomic E-state index is 11.6. The molecule has 1 aliphatic rings. The molecule has 16 heavy (non-hydrogen) atoms. The summed E-state index contributed by atoms with van der Waals surface area (Å²) in [4.78, 5) is 2.37. The van der Waals surface area contributed by atoms with Gasteiger partial charge in [0, 0.05) is 18.8 Å². The molecule has 88 valence electrons. The van der Waals surface area contributed by atoms with Crippen LogP contribution in [0.1, 0.15) is 6.92 Å². The Kier molecular flexibility index (Phi) is 2.90. The summed E-state index contributed by atoms with van der Waals surface area (Å²) in [5.41, 5.74) is 0.959. The molecule has 1 N–H and O–H groups in total. The fourth-order valence-corrected chi connectivity index (χ4v) is 2.58. The Balaban J connectivity index is 2.17. The molecule has 4 nitrogen and oxygen atoms in total. The number of sulfone groups is 1. The van der Waals surface area contributed by atoms with Gasteiger partial charge in [-0.15, -0.1) is 0 Å². The highest BCUT2D eigenvalue weighted by molar-refractivity contribution is 7.91. The van der Waals surface area contributed by atoms with Crippen molar-refractivity contribution in [2.45, 2.75) is 17.9 Å². The number of rotatable bonds is 3. The van der Waals surface area contributed by atoms with E-state index in [0.29, 0.717) is 18.0 Å². The number of hydrogen-bond donors (Lipinski definition) is 1. The number of nitrogens with zero attached hydrogens (tertiary/aromatic N) is 1. The van der Waals surface area contributed by atoms with E-state index in [1.54, 1.807) is 31.2 Å². The fraction of sp³-hybridized carbons (Fsp3) is 0.455. The lowest BCUT2D eigenvalue weighted by molar-refractivity contribution is 0.142. The van der Waals surface area contributed by atoms with Gasteiger partial charge in [-0.05, 0) is 24.3 Å². The topological polar surface area (TPSA) is 57.6 Å². The van der Waals surface area contributed by atoms with Gasteiger partial charge < -0.3 is 10.0 Å². The Hall–Kier alpha value is -1.07. The van der Waals surface area contributed by atoms with Gasteiger partial charge in [0.05, 0.1) is 16.8 Å².